The van der Waals surface area contributed by atoms with Crippen molar-refractivity contribution in [1.29, 1.82) is 0 Å². The molecule has 5 nitrogen and oxygen atoms in total. The van der Waals surface area contributed by atoms with E-state index < -0.39 is 17.5 Å². The molecule has 0 bridgehead atoms. The molecule has 0 fully saturated rings. The van der Waals surface area contributed by atoms with E-state index in [4.69, 9.17) is 4.98 Å². The summed E-state index contributed by atoms with van der Waals surface area (Å²) in [6.45, 7) is 6.22. The van der Waals surface area contributed by atoms with Crippen LogP contribution < -0.4 is 9.13 Å². The van der Waals surface area contributed by atoms with E-state index in [1.807, 2.05) is 43.3 Å². The second-order valence-electron chi connectivity index (χ2n) is 9.21. The lowest BCUT2D eigenvalue weighted by Crippen LogP contribution is -2.79. The molecule has 0 aliphatic carbocycles. The molecule has 158 valence electrons. The Morgan fingerprint density at radius 3 is 2.41 bits per heavy atom. The van der Waals surface area contributed by atoms with Gasteiger partial charge in [-0.25, -0.2) is 4.98 Å². The Hall–Kier alpha value is -3.55. The van der Waals surface area contributed by atoms with Crippen LogP contribution in [-0.4, -0.2) is 14.8 Å². The van der Waals surface area contributed by atoms with Gasteiger partial charge in [0.25, 0.3) is 5.69 Å². The molecule has 8 heteroatoms. The van der Waals surface area contributed by atoms with E-state index in [-0.39, 0.29) is 5.41 Å². The lowest BCUT2D eigenvalue weighted by Gasteiger charge is -2.33. The maximum absolute atomic E-state index is 13.7. The number of aryl methyl sites for hydroxylation is 1. The van der Waals surface area contributed by atoms with Crippen molar-refractivity contribution in [1.82, 2.24) is 14.8 Å². The normalized spacial score (nSPS) is 20.6. The van der Waals surface area contributed by atoms with Gasteiger partial charge in [-0.3, -0.25) is 0 Å². The van der Waals surface area contributed by atoms with Crippen LogP contribution in [0.4, 0.5) is 13.2 Å². The maximum atomic E-state index is 13.7. The molecular weight excluding hydrogens is 415 g/mol. The second kappa shape index (κ2) is 5.09. The molecular formula is C24H18F3N5+2. The number of aromatic nitrogens is 5. The first kappa shape index (κ1) is 18.1. The van der Waals surface area contributed by atoms with E-state index >= 15 is 0 Å². The van der Waals surface area contributed by atoms with E-state index in [0.717, 1.165) is 34.0 Å². The highest BCUT2D eigenvalue weighted by Gasteiger charge is 2.73. The first-order valence-electron chi connectivity index (χ1n) is 10.5. The molecule has 0 amide bonds. The second-order valence-corrected chi connectivity index (χ2v) is 9.21. The van der Waals surface area contributed by atoms with Crippen molar-refractivity contribution in [2.45, 2.75) is 38.0 Å². The largest absolute Gasteiger partial charge is 0.437 e. The van der Waals surface area contributed by atoms with Crippen molar-refractivity contribution in [3.8, 4) is 17.2 Å². The number of fused-ring (bicyclic) bond motifs is 4. The van der Waals surface area contributed by atoms with Crippen molar-refractivity contribution in [2.75, 3.05) is 0 Å². The molecule has 4 aromatic rings. The Balaban J connectivity index is 1.75. The fraction of sp³-hybridized carbons (Fsp3) is 0.250. The van der Waals surface area contributed by atoms with Crippen LogP contribution >= 0.6 is 0 Å². The Kier molecular flexibility index (Phi) is 2.87. The summed E-state index contributed by atoms with van der Waals surface area (Å²) in [4.78, 5) is 4.84. The molecule has 1 atom stereocenters. The van der Waals surface area contributed by atoms with Crippen molar-refractivity contribution in [3.63, 3.8) is 0 Å². The maximum Gasteiger partial charge on any atom is 0.437 e. The van der Waals surface area contributed by atoms with E-state index in [2.05, 4.69) is 40.2 Å². The summed E-state index contributed by atoms with van der Waals surface area (Å²) in [5.41, 5.74) is 3.61. The summed E-state index contributed by atoms with van der Waals surface area (Å²) in [7, 11) is 0. The smallest absolute Gasteiger partial charge is 0.246 e. The van der Waals surface area contributed by atoms with Gasteiger partial charge in [-0.05, 0) is 45.0 Å². The molecule has 0 N–H and O–H groups in total. The zero-order valence-electron chi connectivity index (χ0n) is 17.6. The highest BCUT2D eigenvalue weighted by molar-refractivity contribution is 5.64. The third-order valence-electron chi connectivity index (χ3n) is 7.11. The van der Waals surface area contributed by atoms with Crippen LogP contribution in [0.1, 0.15) is 47.9 Å². The summed E-state index contributed by atoms with van der Waals surface area (Å²) >= 11 is 0. The minimum absolute atomic E-state index is 0.385. The van der Waals surface area contributed by atoms with Gasteiger partial charge in [-0.2, -0.15) is 17.7 Å². The van der Waals surface area contributed by atoms with Gasteiger partial charge < -0.3 is 0 Å². The minimum Gasteiger partial charge on any atom is -0.246 e. The average molecular weight is 433 g/mol. The van der Waals surface area contributed by atoms with Gasteiger partial charge in [-0.1, -0.05) is 15.8 Å². The summed E-state index contributed by atoms with van der Waals surface area (Å²) in [6, 6.07) is 16.9. The molecule has 7 heterocycles. The third kappa shape index (κ3) is 1.73. The number of halogens is 3. The molecule has 0 saturated heterocycles. The van der Waals surface area contributed by atoms with Crippen LogP contribution in [-0.2, 0) is 17.3 Å². The van der Waals surface area contributed by atoms with E-state index in [1.54, 1.807) is 0 Å². The molecule has 0 unspecified atom stereocenters. The van der Waals surface area contributed by atoms with Gasteiger partial charge in [0, 0.05) is 30.0 Å². The van der Waals surface area contributed by atoms with Gasteiger partial charge in [-0.15, -0.1) is 4.57 Å². The third-order valence-corrected chi connectivity index (χ3v) is 7.11. The van der Waals surface area contributed by atoms with Crippen LogP contribution in [0.5, 0.6) is 0 Å². The summed E-state index contributed by atoms with van der Waals surface area (Å²) in [5, 5.41) is 4.03. The molecule has 32 heavy (non-hydrogen) atoms. The average Bonchev–Trinajstić information content (AvgIpc) is 3.38. The summed E-state index contributed by atoms with van der Waals surface area (Å²) < 4.78 is 47.0. The standard InChI is InChI=1S/C24H18F3N5/c1-13-10-11-14-21(28-13)15-6-4-7-17-22(2,3)18-8-5-9-20-31(18)23(14,30(15)17)19-12-16(24(25,26)27)29-32(19)20/h4-12H,1-3H3/q+2/t23-/m0/s1. The molecule has 3 aliphatic rings. The quantitative estimate of drug-likeness (QED) is 0.345. The first-order valence-corrected chi connectivity index (χ1v) is 10.5. The zero-order chi connectivity index (χ0) is 22.2. The van der Waals surface area contributed by atoms with Crippen LogP contribution in [0.25, 0.3) is 17.2 Å². The molecule has 0 aromatic carbocycles. The van der Waals surface area contributed by atoms with Gasteiger partial charge in [0.15, 0.2) is 11.4 Å². The fourth-order valence-electron chi connectivity index (χ4n) is 5.84. The SMILES string of the molecule is Cc1ccc2c(n1)-c1cccc3[n+]1[C@@]21c2cc(C(F)(F)F)nn2-c2cccc([n+]21)C3(C)C. The minimum atomic E-state index is -4.54. The predicted octanol–water partition coefficient (Wildman–Crippen LogP) is 3.40. The van der Waals surface area contributed by atoms with Crippen molar-refractivity contribution in [3.05, 3.63) is 88.6 Å². The highest BCUT2D eigenvalue weighted by Crippen LogP contribution is 2.49. The lowest BCUT2D eigenvalue weighted by molar-refractivity contribution is -0.972. The molecule has 4 aromatic heterocycles. The van der Waals surface area contributed by atoms with Gasteiger partial charge in [0.05, 0.1) is 0 Å². The van der Waals surface area contributed by atoms with Gasteiger partial charge in [0.1, 0.15) is 16.7 Å². The summed E-state index contributed by atoms with van der Waals surface area (Å²) in [6.07, 6.45) is -4.54. The Morgan fingerprint density at radius 2 is 1.66 bits per heavy atom. The van der Waals surface area contributed by atoms with E-state index in [9.17, 15) is 13.2 Å². The van der Waals surface area contributed by atoms with Crippen molar-refractivity contribution in [2.24, 2.45) is 0 Å². The van der Waals surface area contributed by atoms with Crippen LogP contribution in [0.3, 0.4) is 0 Å². The van der Waals surface area contributed by atoms with Crippen LogP contribution in [0.2, 0.25) is 0 Å². The number of rotatable bonds is 0. The molecule has 0 radical (unpaired) electrons. The highest BCUT2D eigenvalue weighted by atomic mass is 19.4. The molecule has 3 aliphatic heterocycles. The fourth-order valence-corrected chi connectivity index (χ4v) is 5.84. The number of hydrogen-bond donors (Lipinski definition) is 0. The Bertz CT molecular complexity index is 1510. The molecule has 1 spiro atoms. The topological polar surface area (TPSA) is 38.5 Å². The Morgan fingerprint density at radius 1 is 0.938 bits per heavy atom. The molecule has 7 rings (SSSR count). The number of hydrogen-bond acceptors (Lipinski definition) is 2. The Labute approximate surface area is 181 Å². The zero-order valence-corrected chi connectivity index (χ0v) is 17.6. The number of alkyl halides is 3. The predicted molar refractivity (Wildman–Crippen MR) is 107 cm³/mol. The lowest BCUT2D eigenvalue weighted by atomic mass is 9.79. The van der Waals surface area contributed by atoms with Gasteiger partial charge >= 0.3 is 17.7 Å². The van der Waals surface area contributed by atoms with Crippen molar-refractivity contribution < 1.29 is 22.3 Å². The van der Waals surface area contributed by atoms with Crippen molar-refractivity contribution >= 4 is 0 Å². The molecule has 0 saturated carbocycles. The first-order chi connectivity index (χ1) is 15.2. The van der Waals surface area contributed by atoms with Crippen LogP contribution in [0.15, 0.2) is 54.6 Å². The number of pyridine rings is 3. The summed E-state index contributed by atoms with van der Waals surface area (Å²) in [5.74, 6) is 0.613. The van der Waals surface area contributed by atoms with E-state index in [1.165, 1.54) is 10.7 Å². The number of nitrogens with zero attached hydrogens (tertiary/aromatic N) is 5. The van der Waals surface area contributed by atoms with E-state index in [0.29, 0.717) is 11.5 Å². The van der Waals surface area contributed by atoms with Gasteiger partial charge in [0.2, 0.25) is 11.4 Å². The monoisotopic (exact) mass is 433 g/mol. The van der Waals surface area contributed by atoms with Crippen LogP contribution in [0, 0.1) is 6.92 Å².